The van der Waals surface area contributed by atoms with Gasteiger partial charge in [0.15, 0.2) is 0 Å². The van der Waals surface area contributed by atoms with Crippen molar-refractivity contribution in [3.05, 3.63) is 0 Å². The van der Waals surface area contributed by atoms with Crippen LogP contribution in [0.1, 0.15) is 39.5 Å². The van der Waals surface area contributed by atoms with E-state index in [0.717, 1.165) is 13.1 Å². The normalized spacial score (nSPS) is 15.1. The van der Waals surface area contributed by atoms with Crippen molar-refractivity contribution in [3.63, 3.8) is 0 Å². The fourth-order valence-electron chi connectivity index (χ4n) is 1.50. The molecule has 0 saturated heterocycles. The first-order chi connectivity index (χ1) is 7.46. The maximum Gasteiger partial charge on any atom is 0.323 e. The molecule has 4 nitrogen and oxygen atoms in total. The molecule has 0 aromatic heterocycles. The van der Waals surface area contributed by atoms with E-state index in [2.05, 4.69) is 17.1 Å². The fraction of sp³-hybridized carbons (Fsp3) is 0.917. The van der Waals surface area contributed by atoms with Crippen LogP contribution in [0.2, 0.25) is 0 Å². The second kappa shape index (κ2) is 7.63. The predicted octanol–water partition coefficient (Wildman–Crippen LogP) is 1.56. The van der Waals surface area contributed by atoms with E-state index in [1.165, 1.54) is 19.3 Å². The lowest BCUT2D eigenvalue weighted by Gasteiger charge is -2.27. The summed E-state index contributed by atoms with van der Waals surface area (Å²) in [5.74, 6) is -0.781. The van der Waals surface area contributed by atoms with Gasteiger partial charge in [0.1, 0.15) is 5.54 Å². The van der Waals surface area contributed by atoms with Gasteiger partial charge in [-0.05, 0) is 40.4 Å². The smallest absolute Gasteiger partial charge is 0.323 e. The van der Waals surface area contributed by atoms with Crippen LogP contribution in [0.4, 0.5) is 0 Å². The average Bonchev–Trinajstić information content (AvgIpc) is 2.26. The molecule has 0 aromatic rings. The van der Waals surface area contributed by atoms with Crippen LogP contribution >= 0.6 is 0 Å². The van der Waals surface area contributed by atoms with E-state index in [1.807, 2.05) is 7.05 Å². The Morgan fingerprint density at radius 1 is 1.38 bits per heavy atom. The largest absolute Gasteiger partial charge is 0.480 e. The summed E-state index contributed by atoms with van der Waals surface area (Å²) in [5, 5.41) is 12.0. The van der Waals surface area contributed by atoms with Gasteiger partial charge in [0, 0.05) is 6.54 Å². The lowest BCUT2D eigenvalue weighted by molar-refractivity contribution is -0.144. The summed E-state index contributed by atoms with van der Waals surface area (Å²) >= 11 is 0. The third-order valence-electron chi connectivity index (χ3n) is 3.16. The van der Waals surface area contributed by atoms with E-state index in [0.29, 0.717) is 6.42 Å². The fourth-order valence-corrected chi connectivity index (χ4v) is 1.50. The summed E-state index contributed by atoms with van der Waals surface area (Å²) in [7, 11) is 3.75. The van der Waals surface area contributed by atoms with Crippen LogP contribution in [0.25, 0.3) is 0 Å². The van der Waals surface area contributed by atoms with E-state index in [4.69, 9.17) is 5.11 Å². The summed E-state index contributed by atoms with van der Waals surface area (Å²) in [6.07, 6.45) is 4.28. The van der Waals surface area contributed by atoms with Gasteiger partial charge in [0.25, 0.3) is 0 Å². The summed E-state index contributed by atoms with van der Waals surface area (Å²) in [6, 6.07) is 0. The van der Waals surface area contributed by atoms with Crippen LogP contribution < -0.4 is 5.32 Å². The molecule has 0 amide bonds. The number of nitrogens with zero attached hydrogens (tertiary/aromatic N) is 1. The van der Waals surface area contributed by atoms with E-state index in [9.17, 15) is 4.79 Å². The second-order valence-corrected chi connectivity index (χ2v) is 4.65. The lowest BCUT2D eigenvalue weighted by atomic mass is 9.98. The molecule has 0 aliphatic heterocycles. The molecule has 0 fully saturated rings. The van der Waals surface area contributed by atoms with Crippen molar-refractivity contribution in [3.8, 4) is 0 Å². The van der Waals surface area contributed by atoms with Crippen LogP contribution in [0.15, 0.2) is 0 Å². The molecule has 96 valence electrons. The average molecular weight is 230 g/mol. The molecule has 0 aromatic carbocycles. The van der Waals surface area contributed by atoms with Crippen LogP contribution in [-0.2, 0) is 4.79 Å². The molecular weight excluding hydrogens is 204 g/mol. The number of unbranched alkanes of at least 4 members (excludes halogenated alkanes) is 2. The van der Waals surface area contributed by atoms with Gasteiger partial charge in [-0.3, -0.25) is 4.79 Å². The number of hydrogen-bond donors (Lipinski definition) is 2. The van der Waals surface area contributed by atoms with Crippen molar-refractivity contribution in [1.82, 2.24) is 10.2 Å². The number of carboxylic acid groups (broad SMARTS) is 1. The highest BCUT2D eigenvalue weighted by atomic mass is 16.4. The Kier molecular flexibility index (Phi) is 7.34. The number of hydrogen-bond acceptors (Lipinski definition) is 3. The lowest BCUT2D eigenvalue weighted by Crippen LogP contribution is -2.49. The SMILES string of the molecule is CCCCCN(C)CCC(C)(NC)C(=O)O. The zero-order valence-electron chi connectivity index (χ0n) is 11.0. The molecule has 1 unspecified atom stereocenters. The van der Waals surface area contributed by atoms with Gasteiger partial charge in [0.05, 0.1) is 0 Å². The van der Waals surface area contributed by atoms with E-state index >= 15 is 0 Å². The van der Waals surface area contributed by atoms with Gasteiger partial charge >= 0.3 is 5.97 Å². The van der Waals surface area contributed by atoms with Gasteiger partial charge in [0.2, 0.25) is 0 Å². The van der Waals surface area contributed by atoms with Gasteiger partial charge in [-0.1, -0.05) is 19.8 Å². The van der Waals surface area contributed by atoms with Gasteiger partial charge in [-0.15, -0.1) is 0 Å². The van der Waals surface area contributed by atoms with E-state index < -0.39 is 11.5 Å². The van der Waals surface area contributed by atoms with Crippen LogP contribution in [-0.4, -0.2) is 48.7 Å². The Labute approximate surface area is 99.0 Å². The van der Waals surface area contributed by atoms with Crippen LogP contribution in [0.5, 0.6) is 0 Å². The zero-order chi connectivity index (χ0) is 12.6. The summed E-state index contributed by atoms with van der Waals surface area (Å²) < 4.78 is 0. The van der Waals surface area contributed by atoms with E-state index in [1.54, 1.807) is 14.0 Å². The Morgan fingerprint density at radius 3 is 2.44 bits per heavy atom. The first-order valence-corrected chi connectivity index (χ1v) is 6.07. The minimum Gasteiger partial charge on any atom is -0.480 e. The molecule has 0 aliphatic carbocycles. The maximum absolute atomic E-state index is 11.0. The van der Waals surface area contributed by atoms with Gasteiger partial charge < -0.3 is 15.3 Å². The summed E-state index contributed by atoms with van der Waals surface area (Å²) in [6.45, 7) is 5.78. The summed E-state index contributed by atoms with van der Waals surface area (Å²) in [4.78, 5) is 13.2. The number of carbonyl (C=O) groups is 1. The van der Waals surface area contributed by atoms with Gasteiger partial charge in [-0.2, -0.15) is 0 Å². The highest BCUT2D eigenvalue weighted by Gasteiger charge is 2.30. The first-order valence-electron chi connectivity index (χ1n) is 6.07. The molecule has 4 heteroatoms. The molecule has 0 aliphatic rings. The highest BCUT2D eigenvalue weighted by molar-refractivity contribution is 5.78. The van der Waals surface area contributed by atoms with Crippen molar-refractivity contribution in [2.45, 2.75) is 45.1 Å². The molecular formula is C12H26N2O2. The Morgan fingerprint density at radius 2 is 2.00 bits per heavy atom. The first kappa shape index (κ1) is 15.4. The van der Waals surface area contributed by atoms with Crippen molar-refractivity contribution in [2.24, 2.45) is 0 Å². The molecule has 2 N–H and O–H groups in total. The monoisotopic (exact) mass is 230 g/mol. The van der Waals surface area contributed by atoms with Crippen LogP contribution in [0, 0.1) is 0 Å². The maximum atomic E-state index is 11.0. The van der Waals surface area contributed by atoms with Crippen molar-refractivity contribution in [1.29, 1.82) is 0 Å². The van der Waals surface area contributed by atoms with E-state index in [-0.39, 0.29) is 0 Å². The number of aliphatic carboxylic acids is 1. The number of likely N-dealkylation sites (N-methyl/N-ethyl adjacent to an activating group) is 1. The number of nitrogens with one attached hydrogen (secondary N) is 1. The minimum absolute atomic E-state index is 0.626. The standard InChI is InChI=1S/C12H26N2O2/c1-5-6-7-9-14(4)10-8-12(2,13-3)11(15)16/h13H,5-10H2,1-4H3,(H,15,16). The van der Waals surface area contributed by atoms with Crippen LogP contribution in [0.3, 0.4) is 0 Å². The molecule has 0 radical (unpaired) electrons. The quantitative estimate of drug-likeness (QED) is 0.590. The Bertz CT molecular complexity index is 209. The molecule has 16 heavy (non-hydrogen) atoms. The third kappa shape index (κ3) is 5.47. The van der Waals surface area contributed by atoms with Crippen molar-refractivity contribution < 1.29 is 9.90 Å². The molecule has 0 rings (SSSR count). The molecule has 0 saturated carbocycles. The molecule has 1 atom stereocenters. The highest BCUT2D eigenvalue weighted by Crippen LogP contribution is 2.10. The Balaban J connectivity index is 3.88. The summed E-state index contributed by atoms with van der Waals surface area (Å²) in [5.41, 5.74) is -0.807. The Hall–Kier alpha value is -0.610. The molecule has 0 bridgehead atoms. The number of carboxylic acids is 1. The third-order valence-corrected chi connectivity index (χ3v) is 3.16. The van der Waals surface area contributed by atoms with Crippen molar-refractivity contribution in [2.75, 3.05) is 27.2 Å². The topological polar surface area (TPSA) is 52.6 Å². The zero-order valence-corrected chi connectivity index (χ0v) is 11.0. The minimum atomic E-state index is -0.807. The number of rotatable bonds is 9. The van der Waals surface area contributed by atoms with Crippen molar-refractivity contribution >= 4 is 5.97 Å². The molecule has 0 heterocycles. The molecule has 0 spiro atoms. The van der Waals surface area contributed by atoms with Gasteiger partial charge in [-0.25, -0.2) is 0 Å². The second-order valence-electron chi connectivity index (χ2n) is 4.65. The predicted molar refractivity (Wildman–Crippen MR) is 66.7 cm³/mol.